The van der Waals surface area contributed by atoms with Crippen LogP contribution in [0.2, 0.25) is 0 Å². The Balaban J connectivity index is 1.73. The van der Waals surface area contributed by atoms with E-state index in [1.807, 2.05) is 25.1 Å². The van der Waals surface area contributed by atoms with Gasteiger partial charge in [-0.25, -0.2) is 4.98 Å². The van der Waals surface area contributed by atoms with Crippen LogP contribution >= 0.6 is 0 Å². The lowest BCUT2D eigenvalue weighted by molar-refractivity contribution is 0.315. The summed E-state index contributed by atoms with van der Waals surface area (Å²) in [5.74, 6) is 2.66. The molecule has 1 aliphatic rings. The van der Waals surface area contributed by atoms with Gasteiger partial charge in [0.2, 0.25) is 0 Å². The van der Waals surface area contributed by atoms with Crippen molar-refractivity contribution in [2.75, 3.05) is 27.3 Å². The van der Waals surface area contributed by atoms with Gasteiger partial charge in [0.25, 0.3) is 5.56 Å². The van der Waals surface area contributed by atoms with Gasteiger partial charge in [-0.3, -0.25) is 9.69 Å². The molecule has 24 heavy (non-hydrogen) atoms. The minimum Gasteiger partial charge on any atom is -0.497 e. The molecule has 1 aromatic carbocycles. The van der Waals surface area contributed by atoms with E-state index in [1.165, 1.54) is 0 Å². The summed E-state index contributed by atoms with van der Waals surface area (Å²) in [7, 11) is 3.35. The van der Waals surface area contributed by atoms with Gasteiger partial charge in [0, 0.05) is 30.6 Å². The fourth-order valence-electron chi connectivity index (χ4n) is 3.28. The first-order valence-electron chi connectivity index (χ1n) is 8.10. The Morgan fingerprint density at radius 3 is 2.83 bits per heavy atom. The lowest BCUT2D eigenvalue weighted by Crippen LogP contribution is -2.21. The molecule has 0 radical (unpaired) electrons. The van der Waals surface area contributed by atoms with E-state index in [0.29, 0.717) is 11.7 Å². The maximum Gasteiger partial charge on any atom is 0.251 e. The average molecular weight is 329 g/mol. The molecular formula is C18H23N3O3. The standard InChI is InChI=1S/C18H23N3O3/c1-12-19-16(9-18(22)20-12)13-6-7-21(10-13)11-14-8-15(23-2)4-5-17(14)24-3/h4-5,8-9,13H,6-7,10-11H2,1-3H3,(H,19,20,22)/t13-/m1/s1. The maximum atomic E-state index is 11.7. The minimum atomic E-state index is -0.0783. The first-order chi connectivity index (χ1) is 11.6. The molecular weight excluding hydrogens is 306 g/mol. The summed E-state index contributed by atoms with van der Waals surface area (Å²) >= 11 is 0. The van der Waals surface area contributed by atoms with Crippen LogP contribution in [-0.4, -0.2) is 42.2 Å². The molecule has 1 atom stereocenters. The highest BCUT2D eigenvalue weighted by Crippen LogP contribution is 2.30. The number of likely N-dealkylation sites (tertiary alicyclic amines) is 1. The number of H-pyrrole nitrogens is 1. The number of aromatic nitrogens is 2. The van der Waals surface area contributed by atoms with E-state index in [1.54, 1.807) is 20.3 Å². The van der Waals surface area contributed by atoms with Crippen LogP contribution in [0.5, 0.6) is 11.5 Å². The van der Waals surface area contributed by atoms with Crippen LogP contribution in [0.25, 0.3) is 0 Å². The molecule has 0 spiro atoms. The number of methoxy groups -OCH3 is 2. The zero-order valence-corrected chi connectivity index (χ0v) is 14.3. The van der Waals surface area contributed by atoms with Gasteiger partial charge in [-0.1, -0.05) is 0 Å². The summed E-state index contributed by atoms with van der Waals surface area (Å²) < 4.78 is 10.8. The van der Waals surface area contributed by atoms with Gasteiger partial charge in [-0.05, 0) is 38.1 Å². The maximum absolute atomic E-state index is 11.7. The molecule has 1 fully saturated rings. The molecule has 1 N–H and O–H groups in total. The highest BCUT2D eigenvalue weighted by molar-refractivity contribution is 5.40. The number of aryl methyl sites for hydroxylation is 1. The Kier molecular flexibility index (Phi) is 4.85. The number of ether oxygens (including phenoxy) is 2. The average Bonchev–Trinajstić information content (AvgIpc) is 3.02. The number of aromatic amines is 1. The van der Waals surface area contributed by atoms with E-state index < -0.39 is 0 Å². The lowest BCUT2D eigenvalue weighted by atomic mass is 10.0. The van der Waals surface area contributed by atoms with Gasteiger partial charge in [-0.2, -0.15) is 0 Å². The second-order valence-corrected chi connectivity index (χ2v) is 6.15. The molecule has 6 heteroatoms. The zero-order valence-electron chi connectivity index (χ0n) is 14.3. The van der Waals surface area contributed by atoms with Gasteiger partial charge in [0.05, 0.1) is 19.9 Å². The fourth-order valence-corrected chi connectivity index (χ4v) is 3.28. The van der Waals surface area contributed by atoms with Crippen molar-refractivity contribution in [2.24, 2.45) is 0 Å². The van der Waals surface area contributed by atoms with Crippen molar-refractivity contribution in [3.8, 4) is 11.5 Å². The number of hydrogen-bond donors (Lipinski definition) is 1. The SMILES string of the molecule is COc1ccc(OC)c(CN2CC[C@@H](c3cc(=O)[nH]c(C)n3)C2)c1. The molecule has 1 aromatic heterocycles. The molecule has 0 aliphatic carbocycles. The zero-order chi connectivity index (χ0) is 17.1. The summed E-state index contributed by atoms with van der Waals surface area (Å²) in [6.07, 6.45) is 1.00. The summed E-state index contributed by atoms with van der Waals surface area (Å²) in [6, 6.07) is 7.47. The van der Waals surface area contributed by atoms with E-state index in [0.717, 1.165) is 48.8 Å². The monoisotopic (exact) mass is 329 g/mol. The summed E-state index contributed by atoms with van der Waals surface area (Å²) in [4.78, 5) is 21.2. The second kappa shape index (κ2) is 7.05. The summed E-state index contributed by atoms with van der Waals surface area (Å²) in [5.41, 5.74) is 1.91. The normalized spacial score (nSPS) is 17.9. The van der Waals surface area contributed by atoms with Crippen molar-refractivity contribution < 1.29 is 9.47 Å². The van der Waals surface area contributed by atoms with Crippen LogP contribution < -0.4 is 15.0 Å². The molecule has 0 bridgehead atoms. The van der Waals surface area contributed by atoms with Gasteiger partial charge >= 0.3 is 0 Å². The third-order valence-electron chi connectivity index (χ3n) is 4.45. The van der Waals surface area contributed by atoms with E-state index in [9.17, 15) is 4.79 Å². The number of nitrogens with zero attached hydrogens (tertiary/aromatic N) is 2. The Labute approximate surface area is 141 Å². The van der Waals surface area contributed by atoms with Crippen molar-refractivity contribution >= 4 is 0 Å². The summed E-state index contributed by atoms with van der Waals surface area (Å²) in [5, 5.41) is 0. The Bertz CT molecular complexity index is 772. The third-order valence-corrected chi connectivity index (χ3v) is 4.45. The minimum absolute atomic E-state index is 0.0783. The summed E-state index contributed by atoms with van der Waals surface area (Å²) in [6.45, 7) is 4.46. The first kappa shape index (κ1) is 16.5. The number of rotatable bonds is 5. The molecule has 6 nitrogen and oxygen atoms in total. The molecule has 1 aliphatic heterocycles. The van der Waals surface area contributed by atoms with Gasteiger partial charge < -0.3 is 14.5 Å². The smallest absolute Gasteiger partial charge is 0.251 e. The van der Waals surface area contributed by atoms with Gasteiger partial charge in [0.15, 0.2) is 0 Å². The van der Waals surface area contributed by atoms with E-state index in [4.69, 9.17) is 9.47 Å². The molecule has 3 rings (SSSR count). The van der Waals surface area contributed by atoms with Crippen molar-refractivity contribution in [1.29, 1.82) is 0 Å². The van der Waals surface area contributed by atoms with Crippen molar-refractivity contribution in [1.82, 2.24) is 14.9 Å². The third kappa shape index (κ3) is 3.59. The van der Waals surface area contributed by atoms with Crippen LogP contribution in [0.1, 0.15) is 29.4 Å². The lowest BCUT2D eigenvalue weighted by Gasteiger charge is -2.18. The van der Waals surface area contributed by atoms with Crippen LogP contribution in [0.15, 0.2) is 29.1 Å². The Morgan fingerprint density at radius 2 is 2.12 bits per heavy atom. The van der Waals surface area contributed by atoms with Crippen LogP contribution in [0.3, 0.4) is 0 Å². The van der Waals surface area contributed by atoms with E-state index >= 15 is 0 Å². The molecule has 0 saturated carbocycles. The molecule has 128 valence electrons. The topological polar surface area (TPSA) is 67.5 Å². The van der Waals surface area contributed by atoms with Gasteiger partial charge in [0.1, 0.15) is 17.3 Å². The fraction of sp³-hybridized carbons (Fsp3) is 0.444. The van der Waals surface area contributed by atoms with Crippen molar-refractivity contribution in [2.45, 2.75) is 25.8 Å². The predicted molar refractivity (Wildman–Crippen MR) is 91.8 cm³/mol. The highest BCUT2D eigenvalue weighted by Gasteiger charge is 2.26. The molecule has 2 aromatic rings. The van der Waals surface area contributed by atoms with Crippen LogP contribution in [0, 0.1) is 6.92 Å². The van der Waals surface area contributed by atoms with E-state index in [-0.39, 0.29) is 5.56 Å². The number of hydrogen-bond acceptors (Lipinski definition) is 5. The van der Waals surface area contributed by atoms with Crippen LogP contribution in [-0.2, 0) is 6.54 Å². The molecule has 1 saturated heterocycles. The Morgan fingerprint density at radius 1 is 1.29 bits per heavy atom. The van der Waals surface area contributed by atoms with Crippen LogP contribution in [0.4, 0.5) is 0 Å². The predicted octanol–water partition coefficient (Wildman–Crippen LogP) is 2.09. The quantitative estimate of drug-likeness (QED) is 0.910. The van der Waals surface area contributed by atoms with Crippen molar-refractivity contribution in [3.63, 3.8) is 0 Å². The number of nitrogens with one attached hydrogen (secondary N) is 1. The molecule has 2 heterocycles. The number of benzene rings is 1. The van der Waals surface area contributed by atoms with Crippen molar-refractivity contribution in [3.05, 3.63) is 51.7 Å². The van der Waals surface area contributed by atoms with E-state index in [2.05, 4.69) is 14.9 Å². The largest absolute Gasteiger partial charge is 0.497 e. The molecule has 0 unspecified atom stereocenters. The Hall–Kier alpha value is -2.34. The molecule has 0 amide bonds. The highest BCUT2D eigenvalue weighted by atomic mass is 16.5. The van der Waals surface area contributed by atoms with Gasteiger partial charge in [-0.15, -0.1) is 0 Å². The first-order valence-corrected chi connectivity index (χ1v) is 8.10. The second-order valence-electron chi connectivity index (χ2n) is 6.15.